The molecule has 0 atom stereocenters. The van der Waals surface area contributed by atoms with Crippen molar-refractivity contribution in [1.82, 2.24) is 5.32 Å². The van der Waals surface area contributed by atoms with Crippen molar-refractivity contribution in [2.45, 2.75) is 6.54 Å². The smallest absolute Gasteiger partial charge is 0.394 e. The Hall–Kier alpha value is -1.75. The Morgan fingerprint density at radius 2 is 2.19 bits per heavy atom. The van der Waals surface area contributed by atoms with Crippen molar-refractivity contribution in [2.24, 2.45) is 0 Å². The second-order valence-corrected chi connectivity index (χ2v) is 3.35. The maximum Gasteiger partial charge on any atom is 0.394 e. The fourth-order valence-electron chi connectivity index (χ4n) is 1.05. The number of carbonyl (C=O) groups excluding carboxylic acids is 1. The third kappa shape index (κ3) is 3.13. The number of nitrogens with one attached hydrogen (secondary N) is 1. The van der Waals surface area contributed by atoms with E-state index in [1.54, 1.807) is 18.2 Å². The first-order valence-electron chi connectivity index (χ1n) is 4.38. The Bertz CT molecular complexity index is 419. The van der Waals surface area contributed by atoms with Crippen LogP contribution < -0.4 is 10.1 Å². The van der Waals surface area contributed by atoms with Crippen molar-refractivity contribution >= 4 is 23.5 Å². The number of hydrogen-bond donors (Lipinski definition) is 2. The fraction of sp³-hybridized carbons (Fsp3) is 0.200. The lowest BCUT2D eigenvalue weighted by Gasteiger charge is -2.06. The van der Waals surface area contributed by atoms with Gasteiger partial charge >= 0.3 is 11.9 Å². The Morgan fingerprint density at radius 3 is 2.69 bits per heavy atom. The highest BCUT2D eigenvalue weighted by molar-refractivity contribution is 6.32. The topological polar surface area (TPSA) is 75.6 Å². The number of hydrogen-bond acceptors (Lipinski definition) is 3. The van der Waals surface area contributed by atoms with Crippen LogP contribution in [-0.4, -0.2) is 24.1 Å². The lowest BCUT2D eigenvalue weighted by molar-refractivity contribution is -0.150. The molecule has 0 spiro atoms. The fourth-order valence-corrected chi connectivity index (χ4v) is 1.29. The number of ether oxygens (including phenoxy) is 1. The van der Waals surface area contributed by atoms with E-state index in [9.17, 15) is 9.59 Å². The van der Waals surface area contributed by atoms with Crippen LogP contribution in [0.2, 0.25) is 5.02 Å². The van der Waals surface area contributed by atoms with E-state index in [0.29, 0.717) is 16.3 Å². The summed E-state index contributed by atoms with van der Waals surface area (Å²) in [6.45, 7) is 0.0635. The zero-order valence-corrected chi connectivity index (χ0v) is 9.25. The average molecular weight is 244 g/mol. The molecule has 1 amide bonds. The standard InChI is InChI=1S/C10H10ClNO4/c1-16-7-3-2-6(8(11)4-7)5-12-9(13)10(14)15/h2-4H,5H2,1H3,(H,12,13)(H,14,15). The normalized spacial score (nSPS) is 9.62. The minimum absolute atomic E-state index is 0.0635. The molecule has 0 aliphatic rings. The van der Waals surface area contributed by atoms with E-state index in [1.807, 2.05) is 0 Å². The summed E-state index contributed by atoms with van der Waals surface area (Å²) in [6, 6.07) is 4.92. The van der Waals surface area contributed by atoms with E-state index in [0.717, 1.165) is 0 Å². The monoisotopic (exact) mass is 243 g/mol. The summed E-state index contributed by atoms with van der Waals surface area (Å²) in [7, 11) is 1.51. The van der Waals surface area contributed by atoms with E-state index in [4.69, 9.17) is 21.4 Å². The van der Waals surface area contributed by atoms with Crippen LogP contribution in [0.1, 0.15) is 5.56 Å². The largest absolute Gasteiger partial charge is 0.497 e. The van der Waals surface area contributed by atoms with Gasteiger partial charge in [-0.2, -0.15) is 0 Å². The molecule has 5 nitrogen and oxygen atoms in total. The summed E-state index contributed by atoms with van der Waals surface area (Å²) in [4.78, 5) is 21.0. The first kappa shape index (κ1) is 12.3. The zero-order chi connectivity index (χ0) is 12.1. The number of rotatable bonds is 3. The Balaban J connectivity index is 2.68. The van der Waals surface area contributed by atoms with Gasteiger partial charge in [0.25, 0.3) is 0 Å². The molecule has 0 bridgehead atoms. The zero-order valence-electron chi connectivity index (χ0n) is 8.49. The lowest BCUT2D eigenvalue weighted by atomic mass is 10.2. The van der Waals surface area contributed by atoms with Gasteiger partial charge < -0.3 is 15.2 Å². The molecule has 1 rings (SSSR count). The molecular formula is C10H10ClNO4. The number of halogens is 1. The molecule has 0 saturated carbocycles. The molecule has 0 aromatic heterocycles. The molecule has 0 unspecified atom stereocenters. The van der Waals surface area contributed by atoms with Crippen LogP contribution in [0.25, 0.3) is 0 Å². The Kier molecular flexibility index (Phi) is 4.13. The van der Waals surface area contributed by atoms with Crippen LogP contribution in [0, 0.1) is 0 Å². The van der Waals surface area contributed by atoms with Gasteiger partial charge in [-0.25, -0.2) is 4.79 Å². The molecule has 0 aliphatic heterocycles. The van der Waals surface area contributed by atoms with Gasteiger partial charge in [-0.15, -0.1) is 0 Å². The number of carboxylic acids is 1. The molecule has 0 heterocycles. The highest BCUT2D eigenvalue weighted by atomic mass is 35.5. The predicted octanol–water partition coefficient (Wildman–Crippen LogP) is 1.05. The molecule has 1 aromatic rings. The van der Waals surface area contributed by atoms with Gasteiger partial charge in [-0.05, 0) is 17.7 Å². The van der Waals surface area contributed by atoms with Crippen LogP contribution in [0.3, 0.4) is 0 Å². The molecule has 0 aliphatic carbocycles. The predicted molar refractivity (Wildman–Crippen MR) is 57.5 cm³/mol. The highest BCUT2D eigenvalue weighted by Crippen LogP contribution is 2.21. The van der Waals surface area contributed by atoms with Gasteiger partial charge in [0.15, 0.2) is 0 Å². The van der Waals surface area contributed by atoms with Crippen molar-refractivity contribution in [3.63, 3.8) is 0 Å². The van der Waals surface area contributed by atoms with E-state index in [2.05, 4.69) is 5.32 Å². The summed E-state index contributed by atoms with van der Waals surface area (Å²) in [5, 5.41) is 11.0. The van der Waals surface area contributed by atoms with Crippen LogP contribution in [0.4, 0.5) is 0 Å². The molecular weight excluding hydrogens is 234 g/mol. The summed E-state index contributed by atoms with van der Waals surface area (Å²) >= 11 is 5.89. The third-order valence-corrected chi connectivity index (χ3v) is 2.25. The van der Waals surface area contributed by atoms with E-state index < -0.39 is 11.9 Å². The average Bonchev–Trinajstić information content (AvgIpc) is 2.26. The van der Waals surface area contributed by atoms with Gasteiger partial charge in [0.05, 0.1) is 7.11 Å². The third-order valence-electron chi connectivity index (χ3n) is 1.89. The van der Waals surface area contributed by atoms with Crippen LogP contribution in [0.15, 0.2) is 18.2 Å². The Labute approximate surface area is 97.0 Å². The summed E-state index contributed by atoms with van der Waals surface area (Å²) in [5.41, 5.74) is 0.622. The van der Waals surface area contributed by atoms with Crippen LogP contribution in [-0.2, 0) is 16.1 Å². The maximum atomic E-state index is 10.8. The highest BCUT2D eigenvalue weighted by Gasteiger charge is 2.11. The number of benzene rings is 1. The molecule has 86 valence electrons. The minimum atomic E-state index is -1.52. The molecule has 0 radical (unpaired) electrons. The molecule has 16 heavy (non-hydrogen) atoms. The van der Waals surface area contributed by atoms with Gasteiger partial charge in [0.2, 0.25) is 0 Å². The van der Waals surface area contributed by atoms with Gasteiger partial charge in [0.1, 0.15) is 5.75 Å². The second kappa shape index (κ2) is 5.37. The molecule has 6 heteroatoms. The number of carboxylic acid groups (broad SMARTS) is 1. The first-order valence-corrected chi connectivity index (χ1v) is 4.76. The van der Waals surface area contributed by atoms with E-state index >= 15 is 0 Å². The van der Waals surface area contributed by atoms with Crippen molar-refractivity contribution in [2.75, 3.05) is 7.11 Å². The van der Waals surface area contributed by atoms with Crippen molar-refractivity contribution < 1.29 is 19.4 Å². The first-order chi connectivity index (χ1) is 7.54. The SMILES string of the molecule is COc1ccc(CNC(=O)C(=O)O)c(Cl)c1. The lowest BCUT2D eigenvalue weighted by Crippen LogP contribution is -2.30. The molecule has 0 saturated heterocycles. The van der Waals surface area contributed by atoms with E-state index in [-0.39, 0.29) is 6.54 Å². The quantitative estimate of drug-likeness (QED) is 0.778. The molecule has 0 fully saturated rings. The minimum Gasteiger partial charge on any atom is -0.497 e. The number of aliphatic carboxylic acids is 1. The van der Waals surface area contributed by atoms with Crippen molar-refractivity contribution in [3.8, 4) is 5.75 Å². The number of methoxy groups -OCH3 is 1. The second-order valence-electron chi connectivity index (χ2n) is 2.95. The molecule has 2 N–H and O–H groups in total. The van der Waals surface area contributed by atoms with Crippen LogP contribution in [0.5, 0.6) is 5.75 Å². The molecule has 1 aromatic carbocycles. The van der Waals surface area contributed by atoms with Gasteiger partial charge in [-0.3, -0.25) is 4.79 Å². The Morgan fingerprint density at radius 1 is 1.50 bits per heavy atom. The summed E-state index contributed by atoms with van der Waals surface area (Å²) in [6.07, 6.45) is 0. The van der Waals surface area contributed by atoms with Gasteiger partial charge in [-0.1, -0.05) is 17.7 Å². The van der Waals surface area contributed by atoms with E-state index in [1.165, 1.54) is 7.11 Å². The van der Waals surface area contributed by atoms with Gasteiger partial charge in [0, 0.05) is 11.6 Å². The maximum absolute atomic E-state index is 10.8. The number of amides is 1. The van der Waals surface area contributed by atoms with Crippen LogP contribution >= 0.6 is 11.6 Å². The summed E-state index contributed by atoms with van der Waals surface area (Å²) in [5.74, 6) is -1.99. The number of carbonyl (C=O) groups is 2. The van der Waals surface area contributed by atoms with Crippen molar-refractivity contribution in [3.05, 3.63) is 28.8 Å². The van der Waals surface area contributed by atoms with Crippen molar-refractivity contribution in [1.29, 1.82) is 0 Å². The summed E-state index contributed by atoms with van der Waals surface area (Å²) < 4.78 is 4.95.